The summed E-state index contributed by atoms with van der Waals surface area (Å²) < 4.78 is 5.14. The summed E-state index contributed by atoms with van der Waals surface area (Å²) >= 11 is 0. The van der Waals surface area contributed by atoms with Gasteiger partial charge < -0.3 is 20.1 Å². The zero-order valence-electron chi connectivity index (χ0n) is 12.6. The number of carbonyl (C=O) groups is 2. The number of benzene rings is 1. The molecule has 3 aromatic rings. The van der Waals surface area contributed by atoms with Crippen LogP contribution in [0.2, 0.25) is 0 Å². The van der Waals surface area contributed by atoms with E-state index in [2.05, 4.69) is 15.5 Å². The van der Waals surface area contributed by atoms with E-state index in [4.69, 9.17) is 9.63 Å². The second-order valence-electron chi connectivity index (χ2n) is 5.13. The van der Waals surface area contributed by atoms with Crippen LogP contribution in [0.1, 0.15) is 17.4 Å². The minimum Gasteiger partial charge on any atom is -0.505 e. The fraction of sp³-hybridized carbons (Fsp3) is 0.125. The topological polar surface area (TPSA) is 126 Å². The van der Waals surface area contributed by atoms with Gasteiger partial charge in [-0.3, -0.25) is 9.59 Å². The lowest BCUT2D eigenvalue weighted by Crippen LogP contribution is -2.38. The first kappa shape index (κ1) is 15.5. The van der Waals surface area contributed by atoms with Crippen molar-refractivity contribution in [1.29, 1.82) is 0 Å². The third-order valence-electron chi connectivity index (χ3n) is 3.47. The van der Waals surface area contributed by atoms with Crippen LogP contribution in [0, 0.1) is 0 Å². The normalized spacial score (nSPS) is 12.0. The first-order chi connectivity index (χ1) is 11.5. The largest absolute Gasteiger partial charge is 0.505 e. The molecule has 0 bridgehead atoms. The summed E-state index contributed by atoms with van der Waals surface area (Å²) in [6, 6.07) is 7.88. The van der Waals surface area contributed by atoms with Gasteiger partial charge in [-0.05, 0) is 6.92 Å². The summed E-state index contributed by atoms with van der Waals surface area (Å²) in [5, 5.41) is 25.7. The molecule has 0 aliphatic heterocycles. The summed E-state index contributed by atoms with van der Waals surface area (Å²) in [7, 11) is 0. The number of carboxylic acids is 1. The molecular weight excluding hydrogens is 314 g/mol. The lowest BCUT2D eigenvalue weighted by Gasteiger charge is -2.09. The van der Waals surface area contributed by atoms with Crippen molar-refractivity contribution >= 4 is 22.8 Å². The van der Waals surface area contributed by atoms with Gasteiger partial charge in [-0.25, -0.2) is 4.98 Å². The van der Waals surface area contributed by atoms with Crippen molar-refractivity contribution in [2.24, 2.45) is 0 Å². The first-order valence-corrected chi connectivity index (χ1v) is 7.05. The molecular formula is C16H13N3O5. The Morgan fingerprint density at radius 3 is 2.62 bits per heavy atom. The van der Waals surface area contributed by atoms with E-state index in [-0.39, 0.29) is 16.7 Å². The first-order valence-electron chi connectivity index (χ1n) is 7.05. The van der Waals surface area contributed by atoms with Crippen LogP contribution in [0.4, 0.5) is 0 Å². The third-order valence-corrected chi connectivity index (χ3v) is 3.47. The summed E-state index contributed by atoms with van der Waals surface area (Å²) in [4.78, 5) is 26.8. The Kier molecular flexibility index (Phi) is 3.87. The van der Waals surface area contributed by atoms with E-state index in [1.807, 2.05) is 6.07 Å². The highest BCUT2D eigenvalue weighted by molar-refractivity contribution is 6.05. The number of aromatic hydroxyl groups is 1. The van der Waals surface area contributed by atoms with E-state index in [9.17, 15) is 14.7 Å². The molecule has 1 amide bonds. The van der Waals surface area contributed by atoms with Gasteiger partial charge in [-0.15, -0.1) is 0 Å². The van der Waals surface area contributed by atoms with Crippen LogP contribution in [-0.4, -0.2) is 38.3 Å². The predicted octanol–water partition coefficient (Wildman–Crippen LogP) is 1.80. The number of carboxylic acid groups (broad SMARTS) is 1. The Bertz CT molecular complexity index is 920. The van der Waals surface area contributed by atoms with Gasteiger partial charge >= 0.3 is 5.97 Å². The standard InChI is InChI=1S/C16H13N3O5/c1-8(16(22)23)18-15(21)13-14(20)11-10(7-17-13)24-19-12(11)9-5-3-2-4-6-9/h2-8,20H,1H3,(H,18,21)(H,22,23). The number of aromatic nitrogens is 2. The highest BCUT2D eigenvalue weighted by atomic mass is 16.5. The van der Waals surface area contributed by atoms with Crippen LogP contribution in [0.5, 0.6) is 5.75 Å². The number of pyridine rings is 1. The number of aliphatic carboxylic acids is 1. The summed E-state index contributed by atoms with van der Waals surface area (Å²) in [5.74, 6) is -2.41. The van der Waals surface area contributed by atoms with E-state index < -0.39 is 23.7 Å². The lowest BCUT2D eigenvalue weighted by atomic mass is 10.1. The van der Waals surface area contributed by atoms with Crippen molar-refractivity contribution in [2.75, 3.05) is 0 Å². The zero-order chi connectivity index (χ0) is 17.3. The molecule has 1 atom stereocenters. The average Bonchev–Trinajstić information content (AvgIpc) is 3.00. The number of nitrogens with one attached hydrogen (secondary N) is 1. The number of rotatable bonds is 4. The van der Waals surface area contributed by atoms with Crippen LogP contribution in [-0.2, 0) is 4.79 Å². The van der Waals surface area contributed by atoms with Crippen LogP contribution in [0.25, 0.3) is 22.2 Å². The summed E-state index contributed by atoms with van der Waals surface area (Å²) in [6.45, 7) is 1.31. The number of nitrogens with zero attached hydrogens (tertiary/aromatic N) is 2. The Hall–Kier alpha value is -3.42. The molecule has 0 aliphatic carbocycles. The Morgan fingerprint density at radius 2 is 1.96 bits per heavy atom. The molecule has 3 N–H and O–H groups in total. The molecule has 8 heteroatoms. The predicted molar refractivity (Wildman–Crippen MR) is 83.5 cm³/mol. The Morgan fingerprint density at radius 1 is 1.25 bits per heavy atom. The summed E-state index contributed by atoms with van der Waals surface area (Å²) in [5.41, 5.74) is 0.985. The molecule has 122 valence electrons. The maximum Gasteiger partial charge on any atom is 0.325 e. The number of hydrogen-bond donors (Lipinski definition) is 3. The molecule has 8 nitrogen and oxygen atoms in total. The fourth-order valence-electron chi connectivity index (χ4n) is 2.21. The second kappa shape index (κ2) is 5.99. The molecule has 1 aromatic carbocycles. The SMILES string of the molecule is CC(NC(=O)c1ncc2onc(-c3ccccc3)c2c1O)C(=O)O. The van der Waals surface area contributed by atoms with Crippen LogP contribution >= 0.6 is 0 Å². The van der Waals surface area contributed by atoms with Gasteiger partial charge in [0.15, 0.2) is 17.0 Å². The van der Waals surface area contributed by atoms with E-state index in [1.54, 1.807) is 24.3 Å². The lowest BCUT2D eigenvalue weighted by molar-refractivity contribution is -0.138. The minimum atomic E-state index is -1.20. The van der Waals surface area contributed by atoms with Crippen molar-refractivity contribution < 1.29 is 24.3 Å². The molecule has 24 heavy (non-hydrogen) atoms. The molecule has 3 rings (SSSR count). The van der Waals surface area contributed by atoms with Gasteiger partial charge in [0.05, 0.1) is 11.6 Å². The summed E-state index contributed by atoms with van der Waals surface area (Å²) in [6.07, 6.45) is 1.26. The molecule has 2 heterocycles. The van der Waals surface area contributed by atoms with E-state index in [0.29, 0.717) is 11.3 Å². The highest BCUT2D eigenvalue weighted by Crippen LogP contribution is 2.35. The fourth-order valence-corrected chi connectivity index (χ4v) is 2.21. The average molecular weight is 327 g/mol. The van der Waals surface area contributed by atoms with Gasteiger partial charge in [0, 0.05) is 5.56 Å². The van der Waals surface area contributed by atoms with Gasteiger partial charge in [0.2, 0.25) is 0 Å². The minimum absolute atomic E-state index is 0.217. The van der Waals surface area contributed by atoms with Crippen molar-refractivity contribution in [3.63, 3.8) is 0 Å². The Labute approximate surface area is 135 Å². The number of hydrogen-bond acceptors (Lipinski definition) is 6. The van der Waals surface area contributed by atoms with E-state index in [0.717, 1.165) is 0 Å². The number of carbonyl (C=O) groups excluding carboxylic acids is 1. The molecule has 0 saturated heterocycles. The highest BCUT2D eigenvalue weighted by Gasteiger charge is 2.24. The quantitative estimate of drug-likeness (QED) is 0.667. The number of amides is 1. The smallest absolute Gasteiger partial charge is 0.325 e. The molecule has 0 spiro atoms. The second-order valence-corrected chi connectivity index (χ2v) is 5.13. The van der Waals surface area contributed by atoms with Gasteiger partial charge in [-0.2, -0.15) is 0 Å². The van der Waals surface area contributed by atoms with Crippen molar-refractivity contribution in [3.05, 3.63) is 42.2 Å². The third kappa shape index (κ3) is 2.65. The Balaban J connectivity index is 2.07. The maximum atomic E-state index is 12.1. The maximum absolute atomic E-state index is 12.1. The molecule has 0 radical (unpaired) electrons. The van der Waals surface area contributed by atoms with Gasteiger partial charge in [0.1, 0.15) is 11.7 Å². The number of fused-ring (bicyclic) bond motifs is 1. The van der Waals surface area contributed by atoms with Crippen LogP contribution in [0.3, 0.4) is 0 Å². The molecule has 2 aromatic heterocycles. The monoisotopic (exact) mass is 327 g/mol. The molecule has 0 fully saturated rings. The molecule has 0 saturated carbocycles. The zero-order valence-corrected chi connectivity index (χ0v) is 12.6. The molecule has 0 aliphatic rings. The van der Waals surface area contributed by atoms with Crippen LogP contribution < -0.4 is 5.32 Å². The van der Waals surface area contributed by atoms with Crippen molar-refractivity contribution in [1.82, 2.24) is 15.5 Å². The van der Waals surface area contributed by atoms with E-state index in [1.165, 1.54) is 13.1 Å². The van der Waals surface area contributed by atoms with E-state index >= 15 is 0 Å². The van der Waals surface area contributed by atoms with Crippen molar-refractivity contribution in [3.8, 4) is 17.0 Å². The van der Waals surface area contributed by atoms with Gasteiger partial charge in [0.25, 0.3) is 5.91 Å². The van der Waals surface area contributed by atoms with Gasteiger partial charge in [-0.1, -0.05) is 35.5 Å². The molecule has 1 unspecified atom stereocenters. The van der Waals surface area contributed by atoms with Crippen molar-refractivity contribution in [2.45, 2.75) is 13.0 Å². The van der Waals surface area contributed by atoms with Crippen LogP contribution in [0.15, 0.2) is 41.1 Å².